The molecule has 0 spiro atoms. The van der Waals surface area contributed by atoms with Crippen LogP contribution in [0.5, 0.6) is 0 Å². The highest BCUT2D eigenvalue weighted by Crippen LogP contribution is 2.23. The minimum absolute atomic E-state index is 0.351. The third-order valence-electron chi connectivity index (χ3n) is 3.90. The highest BCUT2D eigenvalue weighted by Gasteiger charge is 2.22. The lowest BCUT2D eigenvalue weighted by molar-refractivity contribution is -0.114. The number of amides is 1. The van der Waals surface area contributed by atoms with E-state index in [0.29, 0.717) is 16.9 Å². The predicted octanol–water partition coefficient (Wildman–Crippen LogP) is 2.49. The number of methoxy groups -OCH3 is 1. The first-order valence-electron chi connectivity index (χ1n) is 8.15. The van der Waals surface area contributed by atoms with Crippen molar-refractivity contribution in [3.8, 4) is 0 Å². The van der Waals surface area contributed by atoms with Gasteiger partial charge in [-0.3, -0.25) is 9.10 Å². The number of anilines is 2. The number of sulfonamides is 1. The van der Waals surface area contributed by atoms with E-state index in [2.05, 4.69) is 10.1 Å². The van der Waals surface area contributed by atoms with Crippen molar-refractivity contribution in [3.63, 3.8) is 0 Å². The Morgan fingerprint density at radius 1 is 1.07 bits per heavy atom. The lowest BCUT2D eigenvalue weighted by Crippen LogP contribution is -2.37. The lowest BCUT2D eigenvalue weighted by Gasteiger charge is -2.24. The highest BCUT2D eigenvalue weighted by atomic mass is 32.2. The fraction of sp³-hybridized carbons (Fsp3) is 0.263. The van der Waals surface area contributed by atoms with Gasteiger partial charge >= 0.3 is 5.97 Å². The molecule has 0 aliphatic rings. The van der Waals surface area contributed by atoms with Crippen molar-refractivity contribution in [1.29, 1.82) is 0 Å². The number of nitrogens with one attached hydrogen (secondary N) is 1. The summed E-state index contributed by atoms with van der Waals surface area (Å²) in [6.07, 6.45) is 1.06. The lowest BCUT2D eigenvalue weighted by atomic mass is 10.1. The Morgan fingerprint density at radius 2 is 1.70 bits per heavy atom. The predicted molar refractivity (Wildman–Crippen MR) is 105 cm³/mol. The molecule has 144 valence electrons. The van der Waals surface area contributed by atoms with Crippen molar-refractivity contribution in [3.05, 3.63) is 59.2 Å². The van der Waals surface area contributed by atoms with E-state index in [-0.39, 0.29) is 6.54 Å². The molecular formula is C19H22N2O5S. The molecule has 7 nitrogen and oxygen atoms in total. The normalized spacial score (nSPS) is 11.0. The van der Waals surface area contributed by atoms with Gasteiger partial charge in [0.1, 0.15) is 6.54 Å². The van der Waals surface area contributed by atoms with E-state index in [4.69, 9.17) is 0 Å². The van der Waals surface area contributed by atoms with Gasteiger partial charge in [-0.2, -0.15) is 0 Å². The molecule has 0 aliphatic carbocycles. The highest BCUT2D eigenvalue weighted by molar-refractivity contribution is 7.92. The van der Waals surface area contributed by atoms with Crippen molar-refractivity contribution in [1.82, 2.24) is 0 Å². The van der Waals surface area contributed by atoms with Gasteiger partial charge in [0.2, 0.25) is 15.9 Å². The average Bonchev–Trinajstić information content (AvgIpc) is 2.59. The van der Waals surface area contributed by atoms with Crippen LogP contribution in [-0.4, -0.2) is 40.2 Å². The molecule has 0 fully saturated rings. The fourth-order valence-electron chi connectivity index (χ4n) is 2.60. The average molecular weight is 390 g/mol. The van der Waals surface area contributed by atoms with E-state index < -0.39 is 21.9 Å². The van der Waals surface area contributed by atoms with Crippen LogP contribution in [0.2, 0.25) is 0 Å². The van der Waals surface area contributed by atoms with Gasteiger partial charge in [0.05, 0.1) is 24.6 Å². The first-order chi connectivity index (χ1) is 12.6. The Balaban J connectivity index is 2.18. The number of benzene rings is 2. The smallest absolute Gasteiger partial charge is 0.337 e. The largest absolute Gasteiger partial charge is 0.465 e. The van der Waals surface area contributed by atoms with Crippen molar-refractivity contribution in [2.24, 2.45) is 0 Å². The number of ether oxygens (including phenoxy) is 1. The van der Waals surface area contributed by atoms with Crippen LogP contribution in [0.1, 0.15) is 21.5 Å². The SMILES string of the molecule is COC(=O)c1ccc(NC(=O)CN(c2ccc(C)cc2C)S(C)(=O)=O)cc1. The second-order valence-electron chi connectivity index (χ2n) is 6.18. The molecule has 1 N–H and O–H groups in total. The van der Waals surface area contributed by atoms with Crippen LogP contribution in [-0.2, 0) is 19.6 Å². The molecule has 2 aromatic rings. The molecule has 0 radical (unpaired) electrons. The monoisotopic (exact) mass is 390 g/mol. The van der Waals surface area contributed by atoms with Gasteiger partial charge in [-0.05, 0) is 49.7 Å². The molecule has 0 bridgehead atoms. The van der Waals surface area contributed by atoms with E-state index in [1.807, 2.05) is 13.0 Å². The Bertz CT molecular complexity index is 953. The second-order valence-corrected chi connectivity index (χ2v) is 8.08. The number of hydrogen-bond acceptors (Lipinski definition) is 5. The fourth-order valence-corrected chi connectivity index (χ4v) is 3.52. The number of rotatable bonds is 6. The third kappa shape index (κ3) is 5.30. The molecule has 27 heavy (non-hydrogen) atoms. The van der Waals surface area contributed by atoms with Crippen LogP contribution in [0, 0.1) is 13.8 Å². The van der Waals surface area contributed by atoms with Crippen LogP contribution in [0.3, 0.4) is 0 Å². The minimum atomic E-state index is -3.65. The number of aryl methyl sites for hydroxylation is 2. The van der Waals surface area contributed by atoms with Crippen molar-refractivity contribution < 1.29 is 22.7 Å². The molecule has 0 aromatic heterocycles. The molecule has 0 saturated heterocycles. The Kier molecular flexibility index (Phi) is 6.22. The molecule has 2 aromatic carbocycles. The zero-order valence-corrected chi connectivity index (χ0v) is 16.5. The summed E-state index contributed by atoms with van der Waals surface area (Å²) >= 11 is 0. The molecule has 0 heterocycles. The summed E-state index contributed by atoms with van der Waals surface area (Å²) in [5.41, 5.74) is 3.01. The van der Waals surface area contributed by atoms with E-state index in [1.165, 1.54) is 19.2 Å². The Morgan fingerprint density at radius 3 is 2.22 bits per heavy atom. The number of carbonyl (C=O) groups is 2. The van der Waals surface area contributed by atoms with Crippen LogP contribution >= 0.6 is 0 Å². The number of nitrogens with zero attached hydrogens (tertiary/aromatic N) is 1. The Hall–Kier alpha value is -2.87. The van der Waals surface area contributed by atoms with Crippen LogP contribution in [0.25, 0.3) is 0 Å². The molecule has 2 rings (SSSR count). The van der Waals surface area contributed by atoms with Crippen LogP contribution in [0.4, 0.5) is 11.4 Å². The van der Waals surface area contributed by atoms with Crippen LogP contribution in [0.15, 0.2) is 42.5 Å². The summed E-state index contributed by atoms with van der Waals surface area (Å²) in [5.74, 6) is -0.975. The van der Waals surface area contributed by atoms with Crippen molar-refractivity contribution in [2.75, 3.05) is 29.5 Å². The number of esters is 1. The second kappa shape index (κ2) is 8.22. The first-order valence-corrected chi connectivity index (χ1v) is 10.00. The van der Waals surface area contributed by atoms with Gasteiger partial charge in [-0.25, -0.2) is 13.2 Å². The van der Waals surface area contributed by atoms with Gasteiger partial charge in [0.15, 0.2) is 0 Å². The molecule has 1 amide bonds. The van der Waals surface area contributed by atoms with Crippen molar-refractivity contribution in [2.45, 2.75) is 13.8 Å². The van der Waals surface area contributed by atoms with E-state index in [1.54, 1.807) is 31.2 Å². The van der Waals surface area contributed by atoms with Crippen LogP contribution < -0.4 is 9.62 Å². The van der Waals surface area contributed by atoms with Gasteiger partial charge in [-0.15, -0.1) is 0 Å². The first kappa shape index (κ1) is 20.4. The van der Waals surface area contributed by atoms with E-state index in [9.17, 15) is 18.0 Å². The summed E-state index contributed by atoms with van der Waals surface area (Å²) in [4.78, 5) is 23.8. The summed E-state index contributed by atoms with van der Waals surface area (Å²) in [6, 6.07) is 11.5. The maximum atomic E-state index is 12.4. The van der Waals surface area contributed by atoms with Gasteiger partial charge in [0.25, 0.3) is 0 Å². The Labute approximate surface area is 159 Å². The zero-order chi connectivity index (χ0) is 20.2. The molecule has 8 heteroatoms. The van der Waals surface area contributed by atoms with E-state index in [0.717, 1.165) is 21.7 Å². The number of carbonyl (C=O) groups excluding carboxylic acids is 2. The van der Waals surface area contributed by atoms with Crippen molar-refractivity contribution >= 4 is 33.3 Å². The van der Waals surface area contributed by atoms with E-state index >= 15 is 0 Å². The zero-order valence-electron chi connectivity index (χ0n) is 15.6. The summed E-state index contributed by atoms with van der Waals surface area (Å²) in [5, 5.41) is 2.63. The summed E-state index contributed by atoms with van der Waals surface area (Å²) in [7, 11) is -2.37. The quantitative estimate of drug-likeness (QED) is 0.765. The van der Waals surface area contributed by atoms with Gasteiger partial charge in [-0.1, -0.05) is 17.7 Å². The summed E-state index contributed by atoms with van der Waals surface area (Å²) in [6.45, 7) is 3.34. The minimum Gasteiger partial charge on any atom is -0.465 e. The maximum absolute atomic E-state index is 12.4. The standard InChI is InChI=1S/C19H22N2O5S/c1-13-5-10-17(14(2)11-13)21(27(4,24)25)12-18(22)20-16-8-6-15(7-9-16)19(23)26-3/h5-11H,12H2,1-4H3,(H,20,22). The third-order valence-corrected chi connectivity index (χ3v) is 5.02. The molecule has 0 unspecified atom stereocenters. The topological polar surface area (TPSA) is 92.8 Å². The number of hydrogen-bond donors (Lipinski definition) is 1. The molecule has 0 atom stereocenters. The molecule has 0 aliphatic heterocycles. The summed E-state index contributed by atoms with van der Waals surface area (Å²) < 4.78 is 30.1. The van der Waals surface area contributed by atoms with Gasteiger partial charge < -0.3 is 10.1 Å². The molecular weight excluding hydrogens is 368 g/mol. The maximum Gasteiger partial charge on any atom is 0.337 e. The molecule has 0 saturated carbocycles. The van der Waals surface area contributed by atoms with Gasteiger partial charge in [0, 0.05) is 5.69 Å².